The number of rotatable bonds is 0. The largest absolute Gasteiger partial charge is 0 e. The molecular formula is N12. The van der Waals surface area contributed by atoms with E-state index in [1.165, 1.54) is 0 Å². The molecule has 0 amide bonds. The molecule has 12 heteroatoms. The first-order valence-corrected chi connectivity index (χ1v) is 3.60. The van der Waals surface area contributed by atoms with E-state index < -0.39 is 0 Å². The smallest absolute Gasteiger partial charge is 0 e. The van der Waals surface area contributed by atoms with E-state index >= 15 is 0 Å². The van der Waals surface area contributed by atoms with Crippen molar-refractivity contribution < 1.29 is 0 Å². The summed E-state index contributed by atoms with van der Waals surface area (Å²) in [4.78, 5) is 0. The van der Waals surface area contributed by atoms with Crippen LogP contribution in [0.3, 0.4) is 0 Å². The Hall–Kier alpha value is -0.480. The third-order valence-corrected chi connectivity index (χ3v) is 2.88. The molecule has 6 aliphatic heterocycles. The normalized spacial score (nSPS) is 54.0. The topological polar surface area (TPSA) is 38.9 Å². The van der Waals surface area contributed by atoms with E-state index in [9.17, 15) is 0 Å². The van der Waals surface area contributed by atoms with Crippen LogP contribution in [0.5, 0.6) is 0 Å². The average molecular weight is 168 g/mol. The highest BCUT2D eigenvalue weighted by molar-refractivity contribution is 4.85. The van der Waals surface area contributed by atoms with Gasteiger partial charge in [-0.15, -0.1) is 0 Å². The molecule has 0 unspecified atom stereocenters. The van der Waals surface area contributed by atoms with Crippen LogP contribution in [0.1, 0.15) is 0 Å². The third-order valence-electron chi connectivity index (χ3n) is 2.88. The van der Waals surface area contributed by atoms with Crippen LogP contribution < -0.4 is 0 Å². The maximum Gasteiger partial charge on any atom is 0 e. The monoisotopic (exact) mass is 168 g/mol. The van der Waals surface area contributed by atoms with Gasteiger partial charge in [-0.05, 0) is 0 Å². The summed E-state index contributed by atoms with van der Waals surface area (Å²) < 4.78 is 0. The summed E-state index contributed by atoms with van der Waals surface area (Å²) in [5.74, 6) is 0. The molecule has 0 radical (unpaired) electrons. The Morgan fingerprint density at radius 3 is 0.333 bits per heavy atom. The Morgan fingerprint density at radius 1 is 0.167 bits per heavy atom. The Bertz CT molecular complexity index is 186. The summed E-state index contributed by atoms with van der Waals surface area (Å²) in [5.41, 5.74) is 0. The lowest BCUT2D eigenvalue weighted by Crippen LogP contribution is -3.32. The van der Waals surface area contributed by atoms with Crippen molar-refractivity contribution in [3.8, 4) is 0 Å². The standard InChI is InChI=1S/N12/c1-2-5-3(1)7-9(5)12-10-6(2)4(1)8(10)11(7)12. The maximum absolute atomic E-state index is 2.00. The van der Waals surface area contributed by atoms with E-state index in [1.54, 1.807) is 0 Å². The highest BCUT2D eigenvalue weighted by atomic mass is 17.0. The van der Waals surface area contributed by atoms with Gasteiger partial charge in [0.05, 0.1) is 0 Å². The molecule has 6 saturated heterocycles. The zero-order valence-corrected chi connectivity index (χ0v) is 5.37. The highest BCUT2D eigenvalue weighted by Crippen LogP contribution is 2.69. The molecule has 0 aliphatic carbocycles. The molecule has 6 fully saturated rings. The fourth-order valence-electron chi connectivity index (χ4n) is 2.39. The van der Waals surface area contributed by atoms with E-state index in [2.05, 4.69) is 0 Å². The van der Waals surface area contributed by atoms with Gasteiger partial charge in [0.1, 0.15) is 0 Å². The Balaban J connectivity index is 1.69. The molecule has 0 aromatic rings. The Labute approximate surface area is 63.9 Å². The number of nitrogens with zero attached hydrogens (tertiary/aromatic N) is 12. The fraction of sp³-hybridized carbons (Fsp3) is 0. The lowest BCUT2D eigenvalue weighted by molar-refractivity contribution is -1.16. The van der Waals surface area contributed by atoms with Gasteiger partial charge in [-0.3, -0.25) is 0 Å². The predicted molar refractivity (Wildman–Crippen MR) is 22.1 cm³/mol. The highest BCUT2D eigenvalue weighted by Gasteiger charge is 3.01. The summed E-state index contributed by atoms with van der Waals surface area (Å²) in [5, 5.41) is 24.0. The van der Waals surface area contributed by atoms with Crippen LogP contribution >= 0.6 is 0 Å². The van der Waals surface area contributed by atoms with Gasteiger partial charge in [0.2, 0.25) is 0 Å². The van der Waals surface area contributed by atoms with Gasteiger partial charge < -0.3 is 0 Å². The lowest BCUT2D eigenvalue weighted by Gasteiger charge is -3.00. The van der Waals surface area contributed by atoms with Gasteiger partial charge >= 0.3 is 0 Å². The molecule has 0 N–H and O–H groups in total. The summed E-state index contributed by atoms with van der Waals surface area (Å²) in [7, 11) is 0. The van der Waals surface area contributed by atoms with E-state index in [0.717, 1.165) is 0 Å². The molecule has 0 aromatic carbocycles. The maximum atomic E-state index is 2.00. The Kier molecular flexibility index (Phi) is 0.262. The number of fused-ring (bicyclic) bond motifs is 18. The molecular weight excluding hydrogens is 168 g/mol. The minimum absolute atomic E-state index is 2.00. The molecule has 6 aliphatic rings. The molecule has 0 saturated carbocycles. The lowest BCUT2D eigenvalue weighted by atomic mass is 11.0. The van der Waals surface area contributed by atoms with Gasteiger partial charge in [-0.25, -0.2) is 0 Å². The number of hydrogen-bond acceptors (Lipinski definition) is 12. The fourth-order valence-corrected chi connectivity index (χ4v) is 2.39. The van der Waals surface area contributed by atoms with Crippen LogP contribution in [0.15, 0.2) is 0 Å². The van der Waals surface area contributed by atoms with Gasteiger partial charge in [0.25, 0.3) is 0 Å². The van der Waals surface area contributed by atoms with Gasteiger partial charge in [0.15, 0.2) is 0 Å². The zero-order chi connectivity index (χ0) is 6.93. The predicted octanol–water partition coefficient (Wildman–Crippen LogP) is -3.82. The van der Waals surface area contributed by atoms with Gasteiger partial charge in [-0.2, -0.15) is 0 Å². The first-order chi connectivity index (χ1) is 6.00. The van der Waals surface area contributed by atoms with Crippen LogP contribution in [0.4, 0.5) is 0 Å². The second kappa shape index (κ2) is 0.756. The van der Waals surface area contributed by atoms with Crippen LogP contribution in [0, 0.1) is 0 Å². The summed E-state index contributed by atoms with van der Waals surface area (Å²) in [6.45, 7) is 0. The van der Waals surface area contributed by atoms with Crippen LogP contribution in [-0.4, -0.2) is 62.7 Å². The summed E-state index contributed by atoms with van der Waals surface area (Å²) >= 11 is 0. The molecule has 6 heterocycles. The quantitative estimate of drug-likeness (QED) is 0.355. The molecule has 60 valence electrons. The first-order valence-electron chi connectivity index (χ1n) is 3.60. The van der Waals surface area contributed by atoms with Crippen molar-refractivity contribution in [1.29, 1.82) is 0 Å². The van der Waals surface area contributed by atoms with Crippen molar-refractivity contribution in [2.45, 2.75) is 0 Å². The van der Waals surface area contributed by atoms with Crippen molar-refractivity contribution in [1.82, 2.24) is 62.7 Å². The SMILES string of the molecule is N12N3N4N1N1N4N4N5N3N2N5N14. The number of hydrazine groups is 18. The van der Waals surface area contributed by atoms with Crippen molar-refractivity contribution in [2.75, 3.05) is 0 Å². The molecule has 0 aromatic heterocycles. The van der Waals surface area contributed by atoms with Crippen LogP contribution in [-0.2, 0) is 0 Å². The van der Waals surface area contributed by atoms with Gasteiger partial charge in [-0.1, -0.05) is 0 Å². The van der Waals surface area contributed by atoms with Crippen molar-refractivity contribution in [3.05, 3.63) is 0 Å². The summed E-state index contributed by atoms with van der Waals surface area (Å²) in [6.07, 6.45) is 0. The minimum atomic E-state index is 2.00. The molecule has 12 heavy (non-hydrogen) atoms. The van der Waals surface area contributed by atoms with Crippen molar-refractivity contribution in [2.24, 2.45) is 0 Å². The van der Waals surface area contributed by atoms with Crippen molar-refractivity contribution in [3.63, 3.8) is 0 Å². The van der Waals surface area contributed by atoms with Gasteiger partial charge in [0, 0.05) is 62.7 Å². The zero-order valence-electron chi connectivity index (χ0n) is 5.37. The molecule has 12 nitrogen and oxygen atoms in total. The van der Waals surface area contributed by atoms with E-state index in [4.69, 9.17) is 0 Å². The van der Waals surface area contributed by atoms with Crippen LogP contribution in [0.25, 0.3) is 0 Å². The second-order valence-electron chi connectivity index (χ2n) is 3.22. The van der Waals surface area contributed by atoms with Crippen LogP contribution in [0.2, 0.25) is 0 Å². The van der Waals surface area contributed by atoms with Crippen molar-refractivity contribution >= 4 is 0 Å². The average Bonchev–Trinajstić information content (AvgIpc) is 1.69. The first kappa shape index (κ1) is 4.15. The third kappa shape index (κ3) is 0.135. The Morgan fingerprint density at radius 2 is 0.250 bits per heavy atom. The molecule has 0 spiro atoms. The minimum Gasteiger partial charge on any atom is 0 e. The van der Waals surface area contributed by atoms with E-state index in [1.807, 2.05) is 62.7 Å². The molecule has 6 rings (SSSR count). The summed E-state index contributed by atoms with van der Waals surface area (Å²) in [6, 6.07) is 0. The second-order valence-corrected chi connectivity index (χ2v) is 3.22. The molecule has 0 bridgehead atoms. The molecule has 0 atom stereocenters. The van der Waals surface area contributed by atoms with E-state index in [0.29, 0.717) is 0 Å². The van der Waals surface area contributed by atoms with E-state index in [-0.39, 0.29) is 0 Å². The number of hydrogen-bond donors (Lipinski definition) is 0.